The predicted molar refractivity (Wildman–Crippen MR) is 66.4 cm³/mol. The molecule has 0 aliphatic heterocycles. The second kappa shape index (κ2) is 6.27. The number of nitrogens with one attached hydrogen (secondary N) is 2. The maximum Gasteiger partial charge on any atom is 0.128 e. The van der Waals surface area contributed by atoms with Gasteiger partial charge in [0, 0.05) is 12.6 Å². The van der Waals surface area contributed by atoms with Crippen LogP contribution in [0.1, 0.15) is 33.6 Å². The van der Waals surface area contributed by atoms with E-state index in [1.807, 2.05) is 18.2 Å². The minimum Gasteiger partial charge on any atom is -0.370 e. The first-order valence-corrected chi connectivity index (χ1v) is 5.73. The summed E-state index contributed by atoms with van der Waals surface area (Å²) < 4.78 is 0. The zero-order valence-corrected chi connectivity index (χ0v) is 9.88. The molecule has 84 valence electrons. The topological polar surface area (TPSA) is 37.0 Å². The molecular formula is C12H21N3. The molecule has 1 unspecified atom stereocenters. The molecule has 1 heterocycles. The van der Waals surface area contributed by atoms with Crippen molar-refractivity contribution in [3.63, 3.8) is 0 Å². The van der Waals surface area contributed by atoms with Crippen LogP contribution in [0.4, 0.5) is 11.6 Å². The summed E-state index contributed by atoms with van der Waals surface area (Å²) in [4.78, 5) is 4.46. The van der Waals surface area contributed by atoms with E-state index in [0.29, 0.717) is 6.04 Å². The average molecular weight is 207 g/mol. The van der Waals surface area contributed by atoms with Crippen LogP contribution in [-0.2, 0) is 0 Å². The number of hydrogen-bond donors (Lipinski definition) is 2. The lowest BCUT2D eigenvalue weighted by molar-refractivity contribution is 0.687. The second-order valence-corrected chi connectivity index (χ2v) is 3.77. The van der Waals surface area contributed by atoms with E-state index in [9.17, 15) is 0 Å². The molecule has 0 aliphatic carbocycles. The summed E-state index contributed by atoms with van der Waals surface area (Å²) in [6.07, 6.45) is 2.37. The molecule has 0 spiro atoms. The lowest BCUT2D eigenvalue weighted by Crippen LogP contribution is -2.15. The van der Waals surface area contributed by atoms with E-state index in [0.717, 1.165) is 18.2 Å². The Bertz CT molecular complexity index is 286. The van der Waals surface area contributed by atoms with Gasteiger partial charge >= 0.3 is 0 Å². The number of nitrogens with zero attached hydrogens (tertiary/aromatic N) is 1. The second-order valence-electron chi connectivity index (χ2n) is 3.77. The monoisotopic (exact) mass is 207 g/mol. The van der Waals surface area contributed by atoms with E-state index in [1.54, 1.807) is 0 Å². The third-order valence-electron chi connectivity index (χ3n) is 2.22. The van der Waals surface area contributed by atoms with Crippen molar-refractivity contribution in [2.24, 2.45) is 0 Å². The van der Waals surface area contributed by atoms with Crippen molar-refractivity contribution in [1.82, 2.24) is 4.98 Å². The lowest BCUT2D eigenvalue weighted by Gasteiger charge is -2.14. The molecule has 0 saturated heterocycles. The van der Waals surface area contributed by atoms with Crippen LogP contribution in [-0.4, -0.2) is 17.6 Å². The van der Waals surface area contributed by atoms with Crippen molar-refractivity contribution in [3.8, 4) is 0 Å². The standard InChI is InChI=1S/C12H21N3/c1-4-7-10(3)14-12-9-6-8-11(15-12)13-5-2/h6,8-10H,4-5,7H2,1-3H3,(H2,13,14,15). The third kappa shape index (κ3) is 4.19. The Hall–Kier alpha value is -1.25. The Morgan fingerprint density at radius 1 is 1.27 bits per heavy atom. The molecule has 0 radical (unpaired) electrons. The summed E-state index contributed by atoms with van der Waals surface area (Å²) in [5.74, 6) is 1.89. The van der Waals surface area contributed by atoms with Gasteiger partial charge in [-0.05, 0) is 32.4 Å². The van der Waals surface area contributed by atoms with Gasteiger partial charge in [-0.25, -0.2) is 4.98 Å². The van der Waals surface area contributed by atoms with Crippen molar-refractivity contribution in [1.29, 1.82) is 0 Å². The molecule has 0 aromatic carbocycles. The number of rotatable bonds is 6. The molecule has 1 aromatic rings. The minimum atomic E-state index is 0.486. The van der Waals surface area contributed by atoms with Crippen LogP contribution in [0.2, 0.25) is 0 Å². The Morgan fingerprint density at radius 2 is 2.00 bits per heavy atom. The molecule has 0 bridgehead atoms. The number of hydrogen-bond acceptors (Lipinski definition) is 3. The van der Waals surface area contributed by atoms with Crippen LogP contribution < -0.4 is 10.6 Å². The average Bonchev–Trinajstić information content (AvgIpc) is 2.19. The highest BCUT2D eigenvalue weighted by atomic mass is 15.1. The molecule has 0 fully saturated rings. The molecule has 15 heavy (non-hydrogen) atoms. The summed E-state index contributed by atoms with van der Waals surface area (Å²) in [5, 5.41) is 6.59. The number of anilines is 2. The van der Waals surface area contributed by atoms with Crippen LogP contribution >= 0.6 is 0 Å². The zero-order chi connectivity index (χ0) is 11.1. The third-order valence-corrected chi connectivity index (χ3v) is 2.22. The Balaban J connectivity index is 2.56. The summed E-state index contributed by atoms with van der Waals surface area (Å²) >= 11 is 0. The van der Waals surface area contributed by atoms with E-state index in [4.69, 9.17) is 0 Å². The molecule has 1 atom stereocenters. The van der Waals surface area contributed by atoms with Crippen molar-refractivity contribution in [2.45, 2.75) is 39.7 Å². The van der Waals surface area contributed by atoms with Gasteiger partial charge in [0.25, 0.3) is 0 Å². The number of pyridine rings is 1. The van der Waals surface area contributed by atoms with Crippen molar-refractivity contribution < 1.29 is 0 Å². The molecule has 0 amide bonds. The quantitative estimate of drug-likeness (QED) is 0.752. The van der Waals surface area contributed by atoms with Gasteiger partial charge in [0.15, 0.2) is 0 Å². The van der Waals surface area contributed by atoms with E-state index < -0.39 is 0 Å². The van der Waals surface area contributed by atoms with E-state index in [2.05, 4.69) is 36.4 Å². The first-order valence-electron chi connectivity index (χ1n) is 5.73. The highest BCUT2D eigenvalue weighted by molar-refractivity contribution is 5.45. The van der Waals surface area contributed by atoms with Crippen molar-refractivity contribution in [2.75, 3.05) is 17.2 Å². The van der Waals surface area contributed by atoms with E-state index in [-0.39, 0.29) is 0 Å². The van der Waals surface area contributed by atoms with E-state index in [1.165, 1.54) is 12.8 Å². The minimum absolute atomic E-state index is 0.486. The summed E-state index contributed by atoms with van der Waals surface area (Å²) in [7, 11) is 0. The van der Waals surface area contributed by atoms with Crippen LogP contribution in [0.15, 0.2) is 18.2 Å². The molecule has 0 saturated carbocycles. The fourth-order valence-corrected chi connectivity index (χ4v) is 1.55. The predicted octanol–water partition coefficient (Wildman–Crippen LogP) is 3.11. The fourth-order valence-electron chi connectivity index (χ4n) is 1.55. The molecule has 1 aromatic heterocycles. The van der Waals surface area contributed by atoms with Crippen LogP contribution in [0.25, 0.3) is 0 Å². The SMILES string of the molecule is CCCC(C)Nc1cccc(NCC)n1. The summed E-state index contributed by atoms with van der Waals surface area (Å²) in [6, 6.07) is 6.50. The Labute approximate surface area is 92.3 Å². The van der Waals surface area contributed by atoms with Gasteiger partial charge in [-0.3, -0.25) is 0 Å². The van der Waals surface area contributed by atoms with Gasteiger partial charge in [0.05, 0.1) is 0 Å². The van der Waals surface area contributed by atoms with Crippen LogP contribution in [0.5, 0.6) is 0 Å². The van der Waals surface area contributed by atoms with Crippen molar-refractivity contribution >= 4 is 11.6 Å². The molecule has 1 rings (SSSR count). The van der Waals surface area contributed by atoms with Crippen LogP contribution in [0.3, 0.4) is 0 Å². The smallest absolute Gasteiger partial charge is 0.128 e. The number of aromatic nitrogens is 1. The zero-order valence-electron chi connectivity index (χ0n) is 9.88. The molecular weight excluding hydrogens is 186 g/mol. The van der Waals surface area contributed by atoms with Crippen molar-refractivity contribution in [3.05, 3.63) is 18.2 Å². The molecule has 3 heteroatoms. The first-order chi connectivity index (χ1) is 7.26. The highest BCUT2D eigenvalue weighted by Gasteiger charge is 2.01. The van der Waals surface area contributed by atoms with E-state index >= 15 is 0 Å². The van der Waals surface area contributed by atoms with Gasteiger partial charge in [0.1, 0.15) is 11.6 Å². The molecule has 2 N–H and O–H groups in total. The van der Waals surface area contributed by atoms with Crippen LogP contribution in [0, 0.1) is 0 Å². The van der Waals surface area contributed by atoms with Gasteiger partial charge in [0.2, 0.25) is 0 Å². The maximum absolute atomic E-state index is 4.46. The van der Waals surface area contributed by atoms with Gasteiger partial charge < -0.3 is 10.6 Å². The summed E-state index contributed by atoms with van der Waals surface area (Å²) in [5.41, 5.74) is 0. The largest absolute Gasteiger partial charge is 0.370 e. The highest BCUT2D eigenvalue weighted by Crippen LogP contribution is 2.11. The lowest BCUT2D eigenvalue weighted by atomic mass is 10.2. The molecule has 0 aliphatic rings. The van der Waals surface area contributed by atoms with Gasteiger partial charge in [-0.15, -0.1) is 0 Å². The van der Waals surface area contributed by atoms with Gasteiger partial charge in [-0.2, -0.15) is 0 Å². The maximum atomic E-state index is 4.46. The first kappa shape index (κ1) is 11.8. The van der Waals surface area contributed by atoms with Gasteiger partial charge in [-0.1, -0.05) is 19.4 Å². The Morgan fingerprint density at radius 3 is 2.67 bits per heavy atom. The fraction of sp³-hybridized carbons (Fsp3) is 0.583. The molecule has 3 nitrogen and oxygen atoms in total. The normalized spacial score (nSPS) is 12.2. The summed E-state index contributed by atoms with van der Waals surface area (Å²) in [6.45, 7) is 7.36. The Kier molecular flexibility index (Phi) is 4.95.